The molecular weight excluding hydrogens is 171 g/mol. The normalized spacial score (nSPS) is 10.3. The van der Waals surface area contributed by atoms with Crippen molar-refractivity contribution in [3.05, 3.63) is 30.3 Å². The lowest BCUT2D eigenvalue weighted by molar-refractivity contribution is 0.418. The van der Waals surface area contributed by atoms with Crippen molar-refractivity contribution in [1.29, 1.82) is 0 Å². The second-order valence-electron chi connectivity index (χ2n) is 2.53. The van der Waals surface area contributed by atoms with E-state index in [0.29, 0.717) is 16.8 Å². The summed E-state index contributed by atoms with van der Waals surface area (Å²) in [6.07, 6.45) is 2.70. The average molecular weight is 178 g/mol. The van der Waals surface area contributed by atoms with Crippen molar-refractivity contribution in [2.75, 3.05) is 7.11 Å². The zero-order valence-corrected chi connectivity index (χ0v) is 6.99. The molecule has 2 aromatic heterocycles. The molecule has 0 aliphatic heterocycles. The highest BCUT2D eigenvalue weighted by molar-refractivity contribution is 5.80. The van der Waals surface area contributed by atoms with Crippen LogP contribution < -0.4 is 4.74 Å². The molecular formula is C9H7FN2O. The first kappa shape index (κ1) is 7.91. The summed E-state index contributed by atoms with van der Waals surface area (Å²) in [7, 11) is 1.54. The maximum absolute atomic E-state index is 12.7. The number of ether oxygens (including phenoxy) is 1. The molecule has 0 fully saturated rings. The Balaban J connectivity index is 2.77. The van der Waals surface area contributed by atoms with Gasteiger partial charge in [0, 0.05) is 18.3 Å². The SMILES string of the molecule is COc1ccnc2cc(F)cnc12. The molecule has 0 radical (unpaired) electrons. The minimum Gasteiger partial charge on any atom is -0.494 e. The van der Waals surface area contributed by atoms with Gasteiger partial charge in [-0.3, -0.25) is 4.98 Å². The summed E-state index contributed by atoms with van der Waals surface area (Å²) < 4.78 is 17.8. The average Bonchev–Trinajstić information content (AvgIpc) is 2.16. The predicted molar refractivity (Wildman–Crippen MR) is 46.0 cm³/mol. The summed E-state index contributed by atoms with van der Waals surface area (Å²) in [5, 5.41) is 0. The third-order valence-corrected chi connectivity index (χ3v) is 1.73. The van der Waals surface area contributed by atoms with E-state index in [1.54, 1.807) is 19.4 Å². The van der Waals surface area contributed by atoms with Crippen LogP contribution in [0.1, 0.15) is 0 Å². The Morgan fingerprint density at radius 1 is 1.38 bits per heavy atom. The van der Waals surface area contributed by atoms with Gasteiger partial charge in [-0.25, -0.2) is 9.37 Å². The molecule has 0 bridgehead atoms. The summed E-state index contributed by atoms with van der Waals surface area (Å²) in [6, 6.07) is 3.01. The van der Waals surface area contributed by atoms with E-state index < -0.39 is 5.82 Å². The number of hydrogen-bond donors (Lipinski definition) is 0. The first-order valence-electron chi connectivity index (χ1n) is 3.75. The van der Waals surface area contributed by atoms with Crippen molar-refractivity contribution in [3.63, 3.8) is 0 Å². The largest absolute Gasteiger partial charge is 0.494 e. The predicted octanol–water partition coefficient (Wildman–Crippen LogP) is 1.78. The second kappa shape index (κ2) is 2.97. The zero-order valence-electron chi connectivity index (χ0n) is 6.99. The molecule has 0 atom stereocenters. The number of pyridine rings is 2. The van der Waals surface area contributed by atoms with Gasteiger partial charge < -0.3 is 4.74 Å². The quantitative estimate of drug-likeness (QED) is 0.667. The van der Waals surface area contributed by atoms with Gasteiger partial charge in [-0.05, 0) is 0 Å². The highest BCUT2D eigenvalue weighted by Gasteiger charge is 2.03. The fourth-order valence-corrected chi connectivity index (χ4v) is 1.15. The van der Waals surface area contributed by atoms with Crippen molar-refractivity contribution in [3.8, 4) is 5.75 Å². The molecule has 0 aliphatic rings. The molecule has 3 nitrogen and oxygen atoms in total. The minimum absolute atomic E-state index is 0.395. The Morgan fingerprint density at radius 3 is 3.00 bits per heavy atom. The fourth-order valence-electron chi connectivity index (χ4n) is 1.15. The lowest BCUT2D eigenvalue weighted by Crippen LogP contribution is -1.90. The van der Waals surface area contributed by atoms with E-state index in [-0.39, 0.29) is 0 Å². The lowest BCUT2D eigenvalue weighted by atomic mass is 10.3. The van der Waals surface area contributed by atoms with Crippen molar-refractivity contribution < 1.29 is 9.13 Å². The Bertz CT molecular complexity index is 445. The van der Waals surface area contributed by atoms with Crippen molar-refractivity contribution in [2.45, 2.75) is 0 Å². The molecule has 0 saturated carbocycles. The Morgan fingerprint density at radius 2 is 2.23 bits per heavy atom. The summed E-state index contributed by atoms with van der Waals surface area (Å²) >= 11 is 0. The molecule has 2 heterocycles. The van der Waals surface area contributed by atoms with Gasteiger partial charge in [0.05, 0.1) is 18.8 Å². The Labute approximate surface area is 74.2 Å². The van der Waals surface area contributed by atoms with Crippen LogP contribution in [0.2, 0.25) is 0 Å². The highest BCUT2D eigenvalue weighted by atomic mass is 19.1. The molecule has 0 amide bonds. The molecule has 2 aromatic rings. The standard InChI is InChI=1S/C9H7FN2O/c1-13-8-2-3-11-7-4-6(10)5-12-9(7)8/h2-5H,1H3. The van der Waals surface area contributed by atoms with E-state index in [0.717, 1.165) is 6.20 Å². The number of rotatable bonds is 1. The van der Waals surface area contributed by atoms with E-state index in [1.807, 2.05) is 0 Å². The second-order valence-corrected chi connectivity index (χ2v) is 2.53. The van der Waals surface area contributed by atoms with Gasteiger partial charge >= 0.3 is 0 Å². The molecule has 0 aromatic carbocycles. The number of fused-ring (bicyclic) bond motifs is 1. The maximum atomic E-state index is 12.7. The van der Waals surface area contributed by atoms with E-state index in [1.165, 1.54) is 6.07 Å². The van der Waals surface area contributed by atoms with Crippen LogP contribution in [0.15, 0.2) is 24.5 Å². The van der Waals surface area contributed by atoms with Gasteiger partial charge in [0.2, 0.25) is 0 Å². The van der Waals surface area contributed by atoms with Gasteiger partial charge in [-0.2, -0.15) is 0 Å². The molecule has 0 unspecified atom stereocenters. The molecule has 0 N–H and O–H groups in total. The van der Waals surface area contributed by atoms with Gasteiger partial charge in [-0.1, -0.05) is 0 Å². The van der Waals surface area contributed by atoms with E-state index in [2.05, 4.69) is 9.97 Å². The van der Waals surface area contributed by atoms with Crippen LogP contribution in [0.4, 0.5) is 4.39 Å². The van der Waals surface area contributed by atoms with E-state index in [4.69, 9.17) is 4.74 Å². The molecule has 0 saturated heterocycles. The van der Waals surface area contributed by atoms with Gasteiger partial charge in [0.25, 0.3) is 0 Å². The van der Waals surface area contributed by atoms with Crippen molar-refractivity contribution >= 4 is 11.0 Å². The van der Waals surface area contributed by atoms with Gasteiger partial charge in [0.1, 0.15) is 17.1 Å². The summed E-state index contributed by atoms with van der Waals surface area (Å²) in [5.41, 5.74) is 1.07. The highest BCUT2D eigenvalue weighted by Crippen LogP contribution is 2.20. The van der Waals surface area contributed by atoms with Crippen LogP contribution >= 0.6 is 0 Å². The Hall–Kier alpha value is -1.71. The monoisotopic (exact) mass is 178 g/mol. The number of nitrogens with zero attached hydrogens (tertiary/aromatic N) is 2. The van der Waals surface area contributed by atoms with E-state index >= 15 is 0 Å². The number of halogens is 1. The first-order valence-corrected chi connectivity index (χ1v) is 3.75. The fraction of sp³-hybridized carbons (Fsp3) is 0.111. The van der Waals surface area contributed by atoms with Crippen molar-refractivity contribution in [2.24, 2.45) is 0 Å². The minimum atomic E-state index is -0.395. The zero-order chi connectivity index (χ0) is 9.26. The summed E-state index contributed by atoms with van der Waals surface area (Å²) in [4.78, 5) is 7.86. The molecule has 13 heavy (non-hydrogen) atoms. The van der Waals surface area contributed by atoms with Crippen LogP contribution in [0.5, 0.6) is 5.75 Å². The lowest BCUT2D eigenvalue weighted by Gasteiger charge is -2.02. The third kappa shape index (κ3) is 1.30. The Kier molecular flexibility index (Phi) is 1.81. The van der Waals surface area contributed by atoms with Crippen LogP contribution in [0.25, 0.3) is 11.0 Å². The molecule has 0 spiro atoms. The van der Waals surface area contributed by atoms with Crippen LogP contribution in [0, 0.1) is 5.82 Å². The third-order valence-electron chi connectivity index (χ3n) is 1.73. The van der Waals surface area contributed by atoms with Crippen LogP contribution in [-0.2, 0) is 0 Å². The molecule has 66 valence electrons. The maximum Gasteiger partial charge on any atom is 0.148 e. The van der Waals surface area contributed by atoms with Gasteiger partial charge in [-0.15, -0.1) is 0 Å². The first-order chi connectivity index (χ1) is 6.31. The van der Waals surface area contributed by atoms with E-state index in [9.17, 15) is 4.39 Å². The molecule has 2 rings (SSSR count). The number of hydrogen-bond acceptors (Lipinski definition) is 3. The summed E-state index contributed by atoms with van der Waals surface area (Å²) in [6.45, 7) is 0. The molecule has 4 heteroatoms. The molecule has 0 aliphatic carbocycles. The van der Waals surface area contributed by atoms with Crippen LogP contribution in [-0.4, -0.2) is 17.1 Å². The number of methoxy groups -OCH3 is 1. The van der Waals surface area contributed by atoms with Crippen molar-refractivity contribution in [1.82, 2.24) is 9.97 Å². The smallest absolute Gasteiger partial charge is 0.148 e. The van der Waals surface area contributed by atoms with Crippen LogP contribution in [0.3, 0.4) is 0 Å². The number of aromatic nitrogens is 2. The van der Waals surface area contributed by atoms with Gasteiger partial charge in [0.15, 0.2) is 0 Å². The topological polar surface area (TPSA) is 35.0 Å². The summed E-state index contributed by atoms with van der Waals surface area (Å²) in [5.74, 6) is 0.207.